The largest absolute Gasteiger partial charge is 0.481 e. The second-order valence-corrected chi connectivity index (χ2v) is 15.0. The number of nitrogens with zero attached hydrogens (tertiary/aromatic N) is 1. The van der Waals surface area contributed by atoms with Crippen molar-refractivity contribution >= 4 is 5.97 Å². The van der Waals surface area contributed by atoms with E-state index in [0.717, 1.165) is 44.3 Å². The average Bonchev–Trinajstić information content (AvgIpc) is 3.28. The summed E-state index contributed by atoms with van der Waals surface area (Å²) in [6.45, 7) is 17.0. The Morgan fingerprint density at radius 2 is 1.74 bits per heavy atom. The van der Waals surface area contributed by atoms with Crippen molar-refractivity contribution in [3.8, 4) is 0 Å². The molecule has 0 aliphatic heterocycles. The van der Waals surface area contributed by atoms with E-state index in [-0.39, 0.29) is 27.6 Å². The van der Waals surface area contributed by atoms with Gasteiger partial charge in [-0.25, -0.2) is 0 Å². The van der Waals surface area contributed by atoms with Gasteiger partial charge in [0.15, 0.2) is 0 Å². The monoisotopic (exact) mass is 479 g/mol. The molecule has 6 rings (SSSR count). The van der Waals surface area contributed by atoms with Crippen LogP contribution in [-0.4, -0.2) is 16.2 Å². The van der Waals surface area contributed by atoms with Gasteiger partial charge in [-0.1, -0.05) is 65.3 Å². The quantitative estimate of drug-likeness (QED) is 0.418. The number of fused-ring (bicyclic) bond motifs is 8. The standard InChI is InChI=1S/C31H45NO3/c1-18-19-17-32-35-25(19)28(4,5)21-10-11-29(6)22(24(18)21)9-8-20-23-16-27(2,3)12-14-31(23,26(33)34)15-13-30(20,29)7/h8,17-18,21-24H,9-16H2,1-7H3,(H,33,34)/t18-,21-,22-,23?,24?,29-,30-,31+/m1/s1. The Kier molecular flexibility index (Phi) is 4.79. The van der Waals surface area contributed by atoms with Crippen LogP contribution >= 0.6 is 0 Å². The lowest BCUT2D eigenvalue weighted by molar-refractivity contribution is -0.169. The molecular weight excluding hydrogens is 434 g/mol. The van der Waals surface area contributed by atoms with Gasteiger partial charge in [-0.3, -0.25) is 4.79 Å². The molecule has 0 bridgehead atoms. The molecule has 0 saturated heterocycles. The summed E-state index contributed by atoms with van der Waals surface area (Å²) in [5, 5.41) is 14.8. The average molecular weight is 480 g/mol. The van der Waals surface area contributed by atoms with Gasteiger partial charge in [0.25, 0.3) is 0 Å². The molecule has 1 N–H and O–H groups in total. The molecule has 5 aliphatic carbocycles. The van der Waals surface area contributed by atoms with E-state index in [9.17, 15) is 9.90 Å². The molecule has 4 heteroatoms. The highest BCUT2D eigenvalue weighted by atomic mass is 16.5. The second kappa shape index (κ2) is 7.04. The zero-order valence-electron chi connectivity index (χ0n) is 22.9. The molecule has 0 amide bonds. The first-order chi connectivity index (χ1) is 16.3. The van der Waals surface area contributed by atoms with Crippen LogP contribution in [0.25, 0.3) is 0 Å². The number of rotatable bonds is 1. The SMILES string of the molecule is C[C@@H]1c2cnoc2C(C)(C)[C@@H]2CC[C@]3(C)[C@H](CC=C4C5CC(C)(C)CC[C@]5(C(=O)O)CC[C@]43C)C12. The van der Waals surface area contributed by atoms with Gasteiger partial charge in [0.1, 0.15) is 5.76 Å². The van der Waals surface area contributed by atoms with Crippen LogP contribution in [0.4, 0.5) is 0 Å². The highest BCUT2D eigenvalue weighted by Crippen LogP contribution is 2.74. The number of carboxylic acids is 1. The van der Waals surface area contributed by atoms with Gasteiger partial charge in [0.05, 0.1) is 11.6 Å². The van der Waals surface area contributed by atoms with Gasteiger partial charge in [-0.2, -0.15) is 0 Å². The molecule has 5 aliphatic rings. The summed E-state index contributed by atoms with van der Waals surface area (Å²) in [6.07, 6.45) is 12.8. The van der Waals surface area contributed by atoms with Crippen molar-refractivity contribution in [1.29, 1.82) is 0 Å². The third-order valence-corrected chi connectivity index (χ3v) is 12.9. The van der Waals surface area contributed by atoms with E-state index in [2.05, 4.69) is 59.7 Å². The minimum absolute atomic E-state index is 0.00760. The summed E-state index contributed by atoms with van der Waals surface area (Å²) >= 11 is 0. The lowest BCUT2D eigenvalue weighted by atomic mass is 9.36. The van der Waals surface area contributed by atoms with Gasteiger partial charge in [-0.05, 0) is 97.2 Å². The van der Waals surface area contributed by atoms with Crippen LogP contribution in [0, 0.1) is 45.3 Å². The van der Waals surface area contributed by atoms with E-state index in [1.807, 2.05) is 6.20 Å². The first-order valence-electron chi connectivity index (χ1n) is 14.2. The number of hydrogen-bond donors (Lipinski definition) is 1. The number of allylic oxidation sites excluding steroid dienone is 2. The van der Waals surface area contributed by atoms with Crippen molar-refractivity contribution in [2.75, 3.05) is 0 Å². The van der Waals surface area contributed by atoms with E-state index in [1.54, 1.807) is 0 Å². The van der Waals surface area contributed by atoms with E-state index >= 15 is 0 Å². The van der Waals surface area contributed by atoms with E-state index in [0.29, 0.717) is 23.7 Å². The molecule has 0 aromatic carbocycles. The summed E-state index contributed by atoms with van der Waals surface area (Å²) in [4.78, 5) is 12.8. The first kappa shape index (κ1) is 23.8. The molecule has 3 fully saturated rings. The molecule has 3 saturated carbocycles. The maximum atomic E-state index is 12.8. The van der Waals surface area contributed by atoms with Crippen LogP contribution in [0.15, 0.2) is 22.4 Å². The fraction of sp³-hybridized carbons (Fsp3) is 0.806. The molecule has 1 aromatic rings. The first-order valence-corrected chi connectivity index (χ1v) is 14.2. The number of hydrogen-bond acceptors (Lipinski definition) is 3. The predicted molar refractivity (Wildman–Crippen MR) is 137 cm³/mol. The van der Waals surface area contributed by atoms with Crippen molar-refractivity contribution in [2.45, 2.75) is 111 Å². The zero-order valence-corrected chi connectivity index (χ0v) is 22.9. The Bertz CT molecular complexity index is 1100. The fourth-order valence-corrected chi connectivity index (χ4v) is 10.5. The number of carboxylic acid groups (broad SMARTS) is 1. The van der Waals surface area contributed by atoms with Crippen molar-refractivity contribution in [2.24, 2.45) is 45.3 Å². The topological polar surface area (TPSA) is 63.3 Å². The molecular formula is C31H45NO3. The van der Waals surface area contributed by atoms with Crippen LogP contribution in [0.1, 0.15) is 117 Å². The maximum Gasteiger partial charge on any atom is 0.310 e. The van der Waals surface area contributed by atoms with Gasteiger partial charge < -0.3 is 9.63 Å². The Hall–Kier alpha value is -1.58. The molecule has 35 heavy (non-hydrogen) atoms. The van der Waals surface area contributed by atoms with Gasteiger partial charge in [-0.15, -0.1) is 0 Å². The molecule has 0 spiro atoms. The highest BCUT2D eigenvalue weighted by Gasteiger charge is 2.67. The molecule has 0 radical (unpaired) electrons. The molecule has 8 atom stereocenters. The summed E-state index contributed by atoms with van der Waals surface area (Å²) in [7, 11) is 0. The van der Waals surface area contributed by atoms with Crippen molar-refractivity contribution in [3.05, 3.63) is 29.2 Å². The summed E-state index contributed by atoms with van der Waals surface area (Å²) < 4.78 is 5.85. The Balaban J connectivity index is 1.46. The molecule has 4 nitrogen and oxygen atoms in total. The number of aromatic nitrogens is 1. The van der Waals surface area contributed by atoms with Crippen molar-refractivity contribution in [1.82, 2.24) is 5.16 Å². The third-order valence-electron chi connectivity index (χ3n) is 12.9. The van der Waals surface area contributed by atoms with Gasteiger partial charge in [0, 0.05) is 11.0 Å². The van der Waals surface area contributed by atoms with E-state index in [1.165, 1.54) is 24.0 Å². The molecule has 192 valence electrons. The summed E-state index contributed by atoms with van der Waals surface area (Å²) in [5.74, 6) is 3.03. The fourth-order valence-electron chi connectivity index (χ4n) is 10.5. The van der Waals surface area contributed by atoms with E-state index < -0.39 is 11.4 Å². The van der Waals surface area contributed by atoms with Crippen LogP contribution in [0.3, 0.4) is 0 Å². The molecule has 2 unspecified atom stereocenters. The predicted octanol–water partition coefficient (Wildman–Crippen LogP) is 7.75. The summed E-state index contributed by atoms with van der Waals surface area (Å²) in [6, 6.07) is 0. The maximum absolute atomic E-state index is 12.8. The normalized spacial score (nSPS) is 47.3. The highest BCUT2D eigenvalue weighted by molar-refractivity contribution is 5.76. The number of aliphatic carboxylic acids is 1. The lowest BCUT2D eigenvalue weighted by Gasteiger charge is -2.68. The van der Waals surface area contributed by atoms with Crippen LogP contribution in [0.5, 0.6) is 0 Å². The van der Waals surface area contributed by atoms with Crippen molar-refractivity contribution < 1.29 is 14.4 Å². The van der Waals surface area contributed by atoms with Gasteiger partial charge in [0.2, 0.25) is 0 Å². The minimum Gasteiger partial charge on any atom is -0.481 e. The Morgan fingerprint density at radius 1 is 1.03 bits per heavy atom. The smallest absolute Gasteiger partial charge is 0.310 e. The van der Waals surface area contributed by atoms with Crippen LogP contribution < -0.4 is 0 Å². The van der Waals surface area contributed by atoms with Crippen LogP contribution in [0.2, 0.25) is 0 Å². The Labute approximate surface area is 211 Å². The van der Waals surface area contributed by atoms with E-state index in [4.69, 9.17) is 4.52 Å². The van der Waals surface area contributed by atoms with Crippen molar-refractivity contribution in [3.63, 3.8) is 0 Å². The zero-order chi connectivity index (χ0) is 25.2. The Morgan fingerprint density at radius 3 is 2.46 bits per heavy atom. The third kappa shape index (κ3) is 2.80. The second-order valence-electron chi connectivity index (χ2n) is 15.0. The minimum atomic E-state index is -0.557. The molecule has 1 heterocycles. The number of carbonyl (C=O) groups is 1. The van der Waals surface area contributed by atoms with Crippen LogP contribution in [-0.2, 0) is 10.2 Å². The lowest BCUT2D eigenvalue weighted by Crippen LogP contribution is -2.62. The van der Waals surface area contributed by atoms with Gasteiger partial charge >= 0.3 is 5.97 Å². The molecule has 1 aromatic heterocycles. The summed E-state index contributed by atoms with van der Waals surface area (Å²) in [5.41, 5.74) is 2.78.